The summed E-state index contributed by atoms with van der Waals surface area (Å²) in [6, 6.07) is 42.2. The van der Waals surface area contributed by atoms with Crippen LogP contribution < -0.4 is 26.5 Å². The van der Waals surface area contributed by atoms with Gasteiger partial charge in [0.1, 0.15) is 137 Å². The summed E-state index contributed by atoms with van der Waals surface area (Å²) < 4.78 is 89.3. The van der Waals surface area contributed by atoms with Crippen LogP contribution in [0.3, 0.4) is 0 Å². The third kappa shape index (κ3) is 22.7. The number of aromatic hydroxyl groups is 7. The van der Waals surface area contributed by atoms with E-state index in [4.69, 9.17) is 92.8 Å². The molecule has 4 fully saturated rings. The van der Waals surface area contributed by atoms with Gasteiger partial charge in [0.2, 0.25) is 0 Å². The van der Waals surface area contributed by atoms with Crippen LogP contribution in [0.4, 0.5) is 8.78 Å². The zero-order valence-corrected chi connectivity index (χ0v) is 78.1. The number of fused-ring (bicyclic) bond motifs is 4. The number of likely N-dealkylation sites (N-methyl/N-ethyl adjacent to an activating group) is 4. The minimum atomic E-state index is -4.82. The van der Waals surface area contributed by atoms with E-state index in [1.165, 1.54) is 48.5 Å². The standard InChI is InChI=1S/C28H23ClFNO6.C26H28ClNO6.C23H21ClFNO6.C22H23ClNO9P/c1-31-11-10-17(24(14-31)37-28(35)16-7-3-5-9-19(16)30)25-20(32)12-21(33)26-22(34)13-23(36-27(25)26)15-6-2-4-8-18(15)29;1-3-4-9-23(32)33-22-14-28(2)11-10-16(22)24-18(29)12-19(30)25-20(31)13-21(34-26(24)25)15-7-5-6-8-17(15)27;1-26-7-6-13(19(11-26)31-20(30)10-25)21-15(27)8-16(28)22-17(29)9-18(32-23(21)22)12-4-2-3-5-14(12)24;1-24-7-6-13(17(27)10-24)20-19(31-11-32-34(28,29)30)9-16(26)21-15(25)8-18(33-22(20)21)12-4-2-3-5-14(12)23/h2-9,12-13,17,24,32-33H,10-11,14H2,1H3;5-8,12-13,16,22,29-30H,3-4,9-11,14H2,1-2H3;2-5,8-9,13,19,27-28H,6-7,10-11H2,1H3;2-5,8-9,13,17,26-27H,6-7,10-11H2,1H3,(H2,28,29,30)/t17-,24+;16-,22+;13-,19+;13-,17+/m0000/s1. The van der Waals surface area contributed by atoms with Gasteiger partial charge in [-0.2, -0.15) is 0 Å². The molecule has 31 nitrogen and oxygen atoms in total. The van der Waals surface area contributed by atoms with E-state index in [0.29, 0.717) is 132 Å². The molecule has 4 aliphatic heterocycles. The number of nitrogens with zero attached hydrogens (tertiary/aromatic N) is 4. The molecule has 9 aromatic carbocycles. The molecule has 0 bridgehead atoms. The van der Waals surface area contributed by atoms with Crippen molar-refractivity contribution in [2.45, 2.75) is 100.0 Å². The first-order valence-corrected chi connectivity index (χ1v) is 46.5. The van der Waals surface area contributed by atoms with Crippen molar-refractivity contribution in [3.05, 3.63) is 264 Å². The van der Waals surface area contributed by atoms with E-state index in [1.807, 2.05) is 49.8 Å². The Kier molecular flexibility index (Phi) is 31.9. The molecule has 0 spiro atoms. The van der Waals surface area contributed by atoms with Gasteiger partial charge in [0.05, 0.1) is 31.8 Å². The van der Waals surface area contributed by atoms with Crippen molar-refractivity contribution in [2.24, 2.45) is 0 Å². The van der Waals surface area contributed by atoms with Crippen LogP contribution in [0.5, 0.6) is 46.0 Å². The highest BCUT2D eigenvalue weighted by molar-refractivity contribution is 7.46. The van der Waals surface area contributed by atoms with Gasteiger partial charge in [-0.3, -0.25) is 24.0 Å². The minimum Gasteiger partial charge on any atom is -0.507 e. The SMILES string of the molecule is CCCCC(=O)O[C@@H]1CN(C)CC[C@@H]1c1c(O)cc(O)c2c(=O)cc(-c3ccccc3Cl)oc12.CN1CC[C@H](c2c(O)cc(O)c3c(=O)cc(-c4ccccc4Cl)oc23)[C@H](OC(=O)CF)C1.CN1CC[C@H](c2c(O)cc(O)c3c(=O)cc(-c4ccccc4Cl)oc23)[C@H](OC(=O)c2ccccc2F)C1.CN1CC[C@H](c2c(OCOP(=O)(O)O)cc(O)c3c(=O)cc(-c4ccccc4Cl)oc23)[C@H](O)C1. The number of hydrogen-bond acceptors (Lipinski definition) is 29. The van der Waals surface area contributed by atoms with Crippen LogP contribution >= 0.6 is 54.2 Å². The van der Waals surface area contributed by atoms with Crippen molar-refractivity contribution in [3.8, 4) is 91.3 Å². The Labute approximate surface area is 800 Å². The van der Waals surface area contributed by atoms with Crippen LogP contribution in [0, 0.1) is 5.82 Å². The Hall–Kier alpha value is -12.4. The molecule has 4 aliphatic rings. The largest absolute Gasteiger partial charge is 0.507 e. The number of likely N-dealkylation sites (tertiary alicyclic amines) is 4. The zero-order valence-electron chi connectivity index (χ0n) is 74.2. The highest BCUT2D eigenvalue weighted by Gasteiger charge is 2.42. The first-order valence-electron chi connectivity index (χ1n) is 43.5. The monoisotopic (exact) mass is 1980 g/mol. The van der Waals surface area contributed by atoms with Crippen LogP contribution in [0.15, 0.2) is 207 Å². The van der Waals surface area contributed by atoms with Crippen LogP contribution in [-0.2, 0) is 32.9 Å². The quantitative estimate of drug-likeness (QED) is 0.0147. The number of unbranched alkanes of at least 4 members (excludes halogenated alkanes) is 1. The lowest BCUT2D eigenvalue weighted by molar-refractivity contribution is -0.154. The lowest BCUT2D eigenvalue weighted by Gasteiger charge is -2.36. The van der Waals surface area contributed by atoms with Gasteiger partial charge in [-0.1, -0.05) is 120 Å². The number of phosphoric ester groups is 1. The Bertz CT molecular complexity index is 7060. The molecule has 4 aromatic heterocycles. The highest BCUT2D eigenvalue weighted by Crippen LogP contribution is 2.51. The summed E-state index contributed by atoms with van der Waals surface area (Å²) in [5.41, 5.74) is 0.726. The van der Waals surface area contributed by atoms with Gasteiger partial charge >= 0.3 is 25.7 Å². The Morgan fingerprint density at radius 3 is 1.09 bits per heavy atom. The summed E-state index contributed by atoms with van der Waals surface area (Å²) in [7, 11) is 2.65. The molecule has 8 atom stereocenters. The van der Waals surface area contributed by atoms with Crippen molar-refractivity contribution in [3.63, 3.8) is 0 Å². The number of esters is 3. The number of hydrogen-bond donors (Lipinski definition) is 10. The summed E-state index contributed by atoms with van der Waals surface area (Å²) in [5, 5.41) is 86.5. The number of aliphatic hydroxyl groups excluding tert-OH is 1. The number of phosphoric acid groups is 1. The first-order chi connectivity index (χ1) is 65.4. The first kappa shape index (κ1) is 100. The van der Waals surface area contributed by atoms with E-state index in [2.05, 4.69) is 9.42 Å². The Balaban J connectivity index is 0.000000146. The number of rotatable bonds is 20. The fraction of sp³-hybridized carbons (Fsp3) is 0.303. The van der Waals surface area contributed by atoms with Crippen LogP contribution in [-0.4, -0.2) is 207 Å². The second-order valence-corrected chi connectivity index (χ2v) is 36.6. The number of carbonyl (C=O) groups is 3. The van der Waals surface area contributed by atoms with Crippen molar-refractivity contribution >= 4 is 116 Å². The maximum Gasteiger partial charge on any atom is 0.472 e. The molecular weight excluding hydrogens is 1890 g/mol. The van der Waals surface area contributed by atoms with E-state index >= 15 is 0 Å². The molecule has 0 amide bonds. The van der Waals surface area contributed by atoms with Crippen LogP contribution in [0.2, 0.25) is 20.1 Å². The van der Waals surface area contributed by atoms with Gasteiger partial charge in [-0.15, -0.1) is 0 Å². The average Bonchev–Trinajstić information content (AvgIpc) is 0.788. The topological polar surface area (TPSA) is 451 Å². The fourth-order valence-electron chi connectivity index (χ4n) is 17.7. The van der Waals surface area contributed by atoms with E-state index in [-0.39, 0.29) is 124 Å². The Morgan fingerprint density at radius 2 is 0.752 bits per heavy atom. The van der Waals surface area contributed by atoms with Gasteiger partial charge < -0.3 is 107 Å². The number of aliphatic hydroxyl groups is 1. The number of phenols is 7. The summed E-state index contributed by atoms with van der Waals surface area (Å²) in [4.78, 5) is 115. The summed E-state index contributed by atoms with van der Waals surface area (Å²) in [5.74, 6) is -6.95. The molecule has 0 radical (unpaired) electrons. The van der Waals surface area contributed by atoms with Crippen LogP contribution in [0.25, 0.3) is 89.2 Å². The Morgan fingerprint density at radius 1 is 0.431 bits per heavy atom. The van der Waals surface area contributed by atoms with Crippen molar-refractivity contribution in [2.75, 3.05) is 94.0 Å². The number of benzene rings is 9. The second-order valence-electron chi connectivity index (χ2n) is 33.7. The third-order valence-corrected chi connectivity index (χ3v) is 26.0. The number of halogens is 6. The number of piperidine rings is 4. The molecule has 10 N–H and O–H groups in total. The molecule has 0 unspecified atom stereocenters. The molecular formula is C99H95Cl4F2N4O27P. The maximum absolute atomic E-state index is 14.3. The lowest BCUT2D eigenvalue weighted by atomic mass is 9.85. The van der Waals surface area contributed by atoms with Gasteiger partial charge in [0.25, 0.3) is 0 Å². The number of carbonyl (C=O) groups excluding carboxylic acids is 3. The minimum absolute atomic E-state index is 0.0118. The van der Waals surface area contributed by atoms with Gasteiger partial charge in [0, 0.05) is 149 Å². The average molecular weight is 1980 g/mol. The predicted molar refractivity (Wildman–Crippen MR) is 508 cm³/mol. The number of phenolic OH excluding ortho intramolecular Hbond substituents is 7. The zero-order chi connectivity index (χ0) is 98.3. The lowest BCUT2D eigenvalue weighted by Crippen LogP contribution is -2.43. The molecule has 13 aromatic rings. The van der Waals surface area contributed by atoms with Crippen molar-refractivity contribution in [1.82, 2.24) is 19.6 Å². The number of alkyl halides is 1. The molecule has 8 heterocycles. The van der Waals surface area contributed by atoms with Gasteiger partial charge in [-0.05, 0) is 147 Å². The van der Waals surface area contributed by atoms with E-state index in [1.54, 1.807) is 97.1 Å². The molecule has 137 heavy (non-hydrogen) atoms. The predicted octanol–water partition coefficient (Wildman–Crippen LogP) is 17.2. The van der Waals surface area contributed by atoms with Crippen molar-refractivity contribution < 1.29 is 120 Å². The highest BCUT2D eigenvalue weighted by atomic mass is 35.5. The number of ether oxygens (including phenoxy) is 4. The summed E-state index contributed by atoms with van der Waals surface area (Å²) in [6.45, 7) is 3.80. The molecule has 4 saturated heterocycles. The molecule has 0 aliphatic carbocycles. The smallest absolute Gasteiger partial charge is 0.472 e. The molecule has 17 rings (SSSR count). The van der Waals surface area contributed by atoms with E-state index in [0.717, 1.165) is 37.1 Å². The third-order valence-electron chi connectivity index (χ3n) is 24.3. The number of β-amino-alcohol motifs (C(OH)–C–C–N with tert-alkyl or cyclic N) is 1. The molecule has 720 valence electrons. The summed E-state index contributed by atoms with van der Waals surface area (Å²) in [6.07, 6.45) is 0.816. The van der Waals surface area contributed by atoms with E-state index < -0.39 is 126 Å². The van der Waals surface area contributed by atoms with Gasteiger partial charge in [0.15, 0.2) is 35.2 Å². The van der Waals surface area contributed by atoms with Gasteiger partial charge in [-0.25, -0.2) is 27.5 Å². The summed E-state index contributed by atoms with van der Waals surface area (Å²) >= 11 is 25.2. The molecule has 38 heteroatoms. The van der Waals surface area contributed by atoms with E-state index in [9.17, 15) is 87.8 Å². The maximum atomic E-state index is 14.3. The fourth-order valence-corrected chi connectivity index (χ4v) is 18.8. The van der Waals surface area contributed by atoms with Crippen LogP contribution in [0.1, 0.15) is 108 Å². The second kappa shape index (κ2) is 43.5. The normalized spacial score (nSPS) is 18.9. The molecule has 0 saturated carbocycles. The van der Waals surface area contributed by atoms with Crippen molar-refractivity contribution in [1.29, 1.82) is 0 Å².